The predicted molar refractivity (Wildman–Crippen MR) is 156 cm³/mol. The average Bonchev–Trinajstić information content (AvgIpc) is 3.48. The topological polar surface area (TPSA) is 190 Å². The number of furan rings is 1. The summed E-state index contributed by atoms with van der Waals surface area (Å²) in [5.41, 5.74) is 4.12. The first-order chi connectivity index (χ1) is 20.4. The van der Waals surface area contributed by atoms with Crippen LogP contribution in [0.2, 0.25) is 0 Å². The van der Waals surface area contributed by atoms with Gasteiger partial charge in [-0.2, -0.15) is 0 Å². The Labute approximate surface area is 248 Å². The van der Waals surface area contributed by atoms with Crippen molar-refractivity contribution in [3.63, 3.8) is 0 Å². The molecule has 3 aliphatic carbocycles. The highest BCUT2D eigenvalue weighted by Gasteiger charge is 2.64. The molecule has 0 radical (unpaired) electrons. The molecule has 1 aromatic carbocycles. The number of carbonyl (C=O) groups excluding carboxylic acids is 3. The SMILES string of the molecule is CN1CCC(Nc2cc(-c3ccoc3)c3c(c2O)C(O)=C2C(=O)[C@@]4(O)C(O)=C(C(N)=O)C(=O)[C@H](N(C)C)[C@H]4C[C@H]2C3)CC1. The Hall–Kier alpha value is -4.13. The van der Waals surface area contributed by atoms with Crippen molar-refractivity contribution in [1.82, 2.24) is 9.80 Å². The van der Waals surface area contributed by atoms with Gasteiger partial charge in [0.15, 0.2) is 11.4 Å². The number of primary amides is 1. The molecular formula is C31H36N4O8. The van der Waals surface area contributed by atoms with Crippen LogP contribution in [0, 0.1) is 11.8 Å². The van der Waals surface area contributed by atoms with E-state index in [9.17, 15) is 34.8 Å². The molecule has 1 saturated carbocycles. The molecule has 43 heavy (non-hydrogen) atoms. The van der Waals surface area contributed by atoms with Gasteiger partial charge in [0.1, 0.15) is 22.8 Å². The first kappa shape index (κ1) is 29.0. The number of anilines is 1. The highest BCUT2D eigenvalue weighted by atomic mass is 16.3. The second-order valence-corrected chi connectivity index (χ2v) is 12.4. The Balaban J connectivity index is 1.53. The molecule has 1 amide bonds. The van der Waals surface area contributed by atoms with Gasteiger partial charge < -0.3 is 40.8 Å². The Bertz CT molecular complexity index is 1580. The van der Waals surface area contributed by atoms with Crippen LogP contribution in [0.25, 0.3) is 16.9 Å². The zero-order valence-electron chi connectivity index (χ0n) is 24.3. The molecule has 1 aromatic heterocycles. The summed E-state index contributed by atoms with van der Waals surface area (Å²) in [7, 11) is 5.19. The molecule has 0 unspecified atom stereocenters. The van der Waals surface area contributed by atoms with E-state index < -0.39 is 58.0 Å². The zero-order valence-corrected chi connectivity index (χ0v) is 24.3. The van der Waals surface area contributed by atoms with Gasteiger partial charge in [-0.25, -0.2) is 0 Å². The summed E-state index contributed by atoms with van der Waals surface area (Å²) < 4.78 is 5.36. The number of aliphatic hydroxyl groups is 3. The molecule has 12 nitrogen and oxygen atoms in total. The third kappa shape index (κ3) is 4.27. The van der Waals surface area contributed by atoms with Crippen LogP contribution in [0.3, 0.4) is 0 Å². The van der Waals surface area contributed by atoms with Crippen molar-refractivity contribution in [3.8, 4) is 16.9 Å². The van der Waals surface area contributed by atoms with Crippen LogP contribution in [0.4, 0.5) is 5.69 Å². The van der Waals surface area contributed by atoms with Gasteiger partial charge in [-0.05, 0) is 89.1 Å². The number of fused-ring (bicyclic) bond motifs is 3. The lowest BCUT2D eigenvalue weighted by Gasteiger charge is -2.50. The second kappa shape index (κ2) is 10.2. The van der Waals surface area contributed by atoms with Gasteiger partial charge in [-0.15, -0.1) is 0 Å². The van der Waals surface area contributed by atoms with Crippen molar-refractivity contribution in [2.24, 2.45) is 17.6 Å². The minimum atomic E-state index is -2.68. The number of ketones is 2. The summed E-state index contributed by atoms with van der Waals surface area (Å²) >= 11 is 0. The number of likely N-dealkylation sites (tertiary alicyclic amines) is 1. The number of aromatic hydroxyl groups is 1. The van der Waals surface area contributed by atoms with Crippen LogP contribution in [-0.4, -0.2) is 99.6 Å². The third-order valence-electron chi connectivity index (χ3n) is 9.63. The Kier molecular flexibility index (Phi) is 6.90. The van der Waals surface area contributed by atoms with Crippen molar-refractivity contribution in [2.45, 2.75) is 43.4 Å². The van der Waals surface area contributed by atoms with E-state index in [4.69, 9.17) is 10.2 Å². The summed E-state index contributed by atoms with van der Waals surface area (Å²) in [6.45, 7) is 1.76. The van der Waals surface area contributed by atoms with Gasteiger partial charge >= 0.3 is 0 Å². The number of amides is 1. The van der Waals surface area contributed by atoms with Crippen LogP contribution in [0.1, 0.15) is 30.4 Å². The molecule has 6 rings (SSSR count). The maximum absolute atomic E-state index is 14.2. The van der Waals surface area contributed by atoms with Gasteiger partial charge in [-0.3, -0.25) is 19.3 Å². The van der Waals surface area contributed by atoms with E-state index >= 15 is 0 Å². The summed E-state index contributed by atoms with van der Waals surface area (Å²) in [6, 6.07) is 2.51. The number of phenolic OH excluding ortho intramolecular Hbond substituents is 1. The molecule has 2 heterocycles. The summed E-state index contributed by atoms with van der Waals surface area (Å²) in [6.07, 6.45) is 4.98. The van der Waals surface area contributed by atoms with E-state index in [1.54, 1.807) is 26.4 Å². The van der Waals surface area contributed by atoms with Crippen LogP contribution in [0.15, 0.2) is 46.0 Å². The molecule has 12 heteroatoms. The largest absolute Gasteiger partial charge is 0.508 e. The quantitative estimate of drug-likeness (QED) is 0.219. The molecule has 4 atom stereocenters. The van der Waals surface area contributed by atoms with E-state index in [-0.39, 0.29) is 35.8 Å². The third-order valence-corrected chi connectivity index (χ3v) is 9.63. The van der Waals surface area contributed by atoms with Gasteiger partial charge in [0.25, 0.3) is 5.91 Å². The maximum atomic E-state index is 14.2. The van der Waals surface area contributed by atoms with E-state index in [0.29, 0.717) is 22.4 Å². The Morgan fingerprint density at radius 2 is 1.88 bits per heavy atom. The predicted octanol–water partition coefficient (Wildman–Crippen LogP) is 1.73. The number of hydrogen-bond donors (Lipinski definition) is 6. The van der Waals surface area contributed by atoms with E-state index in [1.807, 2.05) is 13.1 Å². The molecule has 4 aliphatic rings. The van der Waals surface area contributed by atoms with Gasteiger partial charge in [-0.1, -0.05) is 0 Å². The maximum Gasteiger partial charge on any atom is 0.255 e. The number of likely N-dealkylation sites (N-methyl/N-ethyl adjacent to an activating group) is 1. The van der Waals surface area contributed by atoms with Crippen molar-refractivity contribution in [1.29, 1.82) is 0 Å². The number of carbonyl (C=O) groups is 3. The number of nitrogens with one attached hydrogen (secondary N) is 1. The van der Waals surface area contributed by atoms with E-state index in [0.717, 1.165) is 25.9 Å². The molecule has 2 aromatic rings. The van der Waals surface area contributed by atoms with Crippen LogP contribution in [0.5, 0.6) is 5.75 Å². The monoisotopic (exact) mass is 592 g/mol. The molecule has 1 aliphatic heterocycles. The number of nitrogens with two attached hydrogens (primary N) is 1. The Morgan fingerprint density at radius 1 is 1.19 bits per heavy atom. The normalized spacial score (nSPS) is 28.2. The van der Waals surface area contributed by atoms with Crippen LogP contribution >= 0.6 is 0 Å². The van der Waals surface area contributed by atoms with Crippen molar-refractivity contribution < 1.29 is 39.2 Å². The fourth-order valence-corrected chi connectivity index (χ4v) is 7.47. The van der Waals surface area contributed by atoms with E-state index in [2.05, 4.69) is 10.2 Å². The molecule has 1 saturated heterocycles. The number of aliphatic hydroxyl groups excluding tert-OH is 2. The molecule has 0 spiro atoms. The lowest BCUT2D eigenvalue weighted by Crippen LogP contribution is -2.65. The molecule has 228 valence electrons. The number of Topliss-reactive ketones (excluding diaryl/α,β-unsaturated/α-hetero) is 2. The molecule has 2 fully saturated rings. The van der Waals surface area contributed by atoms with Crippen LogP contribution in [-0.2, 0) is 20.8 Å². The van der Waals surface area contributed by atoms with Crippen molar-refractivity contribution in [2.75, 3.05) is 39.5 Å². The number of phenols is 1. The first-order valence-electron chi connectivity index (χ1n) is 14.4. The fourth-order valence-electron chi connectivity index (χ4n) is 7.47. The van der Waals surface area contributed by atoms with Gasteiger partial charge in [0.2, 0.25) is 5.78 Å². The minimum Gasteiger partial charge on any atom is -0.508 e. The highest BCUT2D eigenvalue weighted by molar-refractivity contribution is 6.24. The molecule has 0 bridgehead atoms. The summed E-state index contributed by atoms with van der Waals surface area (Å²) in [5.74, 6) is -6.76. The zero-order chi connectivity index (χ0) is 31.0. The van der Waals surface area contributed by atoms with Crippen molar-refractivity contribution >= 4 is 28.9 Å². The number of nitrogens with zero attached hydrogens (tertiary/aromatic N) is 2. The minimum absolute atomic E-state index is 0.0208. The Morgan fingerprint density at radius 3 is 2.49 bits per heavy atom. The summed E-state index contributed by atoms with van der Waals surface area (Å²) in [4.78, 5) is 43.4. The standard InChI is InChI=1S/C31H36N4O8/c1-34(2)24-19-11-15-10-18-17(14-6-9-43-13-14)12-20(33-16-4-7-35(3)8-5-16)25(36)22(18)26(37)21(15)28(39)31(19,42)29(40)23(27(24)38)30(32)41/h6,9,12-13,15-16,19,24,33,36-37,40,42H,4-5,7-8,10-11H2,1-3H3,(H2,32,41)/t15-,19-,24-,31-/m1/s1. The number of piperidine rings is 1. The lowest BCUT2D eigenvalue weighted by atomic mass is 9.57. The molecular weight excluding hydrogens is 556 g/mol. The highest BCUT2D eigenvalue weighted by Crippen LogP contribution is 2.54. The van der Waals surface area contributed by atoms with Crippen LogP contribution < -0.4 is 11.1 Å². The first-order valence-corrected chi connectivity index (χ1v) is 14.4. The fraction of sp³-hybridized carbons (Fsp3) is 0.452. The smallest absolute Gasteiger partial charge is 0.255 e. The molecule has 7 N–H and O–H groups in total. The average molecular weight is 593 g/mol. The van der Waals surface area contributed by atoms with Crippen molar-refractivity contribution in [3.05, 3.63) is 52.7 Å². The second-order valence-electron chi connectivity index (χ2n) is 12.4. The van der Waals surface area contributed by atoms with E-state index in [1.165, 1.54) is 11.2 Å². The van der Waals surface area contributed by atoms with Gasteiger partial charge in [0, 0.05) is 23.1 Å². The summed E-state index contributed by atoms with van der Waals surface area (Å²) in [5, 5.41) is 49.7. The number of benzene rings is 1. The lowest BCUT2D eigenvalue weighted by molar-refractivity contribution is -0.153. The van der Waals surface area contributed by atoms with Gasteiger partial charge in [0.05, 0.1) is 29.8 Å². The number of hydrogen-bond acceptors (Lipinski definition) is 11. The number of rotatable bonds is 5.